The lowest BCUT2D eigenvalue weighted by molar-refractivity contribution is 0.580. The molecule has 114 valence electrons. The molecule has 0 heterocycles. The average molecular weight is 574 g/mol. The minimum atomic E-state index is -2.19. The van der Waals surface area contributed by atoms with Crippen LogP contribution in [0.3, 0.4) is 0 Å². The summed E-state index contributed by atoms with van der Waals surface area (Å²) in [6.45, 7) is 7.09. The second-order valence-corrected chi connectivity index (χ2v) is 15.8. The van der Waals surface area contributed by atoms with Crippen molar-refractivity contribution in [2.75, 3.05) is 26.7 Å². The van der Waals surface area contributed by atoms with Crippen molar-refractivity contribution < 1.29 is 9.13 Å². The molecule has 0 aromatic heterocycles. The lowest BCUT2D eigenvalue weighted by atomic mass is 10.2. The van der Waals surface area contributed by atoms with Gasteiger partial charge in [-0.05, 0) is 102 Å². The van der Waals surface area contributed by atoms with E-state index >= 15 is 0 Å². The number of halogens is 4. The first-order valence-corrected chi connectivity index (χ1v) is 14.5. The van der Waals surface area contributed by atoms with Gasteiger partial charge in [-0.15, -0.1) is 0 Å². The van der Waals surface area contributed by atoms with Crippen LogP contribution in [0.15, 0.2) is 17.9 Å². The molecule has 0 radical (unpaired) electrons. The van der Waals surface area contributed by atoms with Crippen molar-refractivity contribution in [3.8, 4) is 0 Å². The lowest BCUT2D eigenvalue weighted by Crippen LogP contribution is -1.98. The summed E-state index contributed by atoms with van der Waals surface area (Å²) in [7, 11) is -4.39. The quantitative estimate of drug-likeness (QED) is 0.288. The van der Waals surface area contributed by atoms with Gasteiger partial charge in [0.2, 0.25) is 0 Å². The van der Waals surface area contributed by atoms with Crippen LogP contribution in [0.5, 0.6) is 0 Å². The third-order valence-electron chi connectivity index (χ3n) is 2.52. The average Bonchev–Trinajstić information content (AvgIpc) is 2.25. The van der Waals surface area contributed by atoms with Crippen LogP contribution in [0.1, 0.15) is 11.1 Å². The molecule has 1 aromatic carbocycles. The number of rotatable bonds is 4. The Morgan fingerprint density at radius 1 is 0.650 bits per heavy atom. The van der Waals surface area contributed by atoms with E-state index in [1.54, 1.807) is 26.7 Å². The third-order valence-corrected chi connectivity index (χ3v) is 9.24. The van der Waals surface area contributed by atoms with Crippen molar-refractivity contribution in [1.29, 1.82) is 0 Å². The highest BCUT2D eigenvalue weighted by Crippen LogP contribution is 2.52. The molecule has 0 saturated carbocycles. The van der Waals surface area contributed by atoms with Gasteiger partial charge in [0.05, 0.1) is 14.3 Å². The normalized spacial score (nSPS) is 12.8. The topological polar surface area (TPSA) is 34.1 Å². The van der Waals surface area contributed by atoms with E-state index in [1.807, 2.05) is 0 Å². The highest BCUT2D eigenvalue weighted by Gasteiger charge is 2.24. The first kappa shape index (κ1) is 19.6. The Balaban J connectivity index is 3.49. The minimum absolute atomic E-state index is 0.502. The SMILES string of the molecule is CP(C)(=O)Cc1c(Br)c(Br)c(CP(C)(C)=O)c(Br)c1Br. The van der Waals surface area contributed by atoms with Crippen molar-refractivity contribution in [3.05, 3.63) is 29.0 Å². The Morgan fingerprint density at radius 3 is 1.00 bits per heavy atom. The molecule has 0 aliphatic rings. The molecule has 8 heteroatoms. The predicted octanol–water partition coefficient (Wildman–Crippen LogP) is 6.98. The largest absolute Gasteiger partial charge is 0.324 e. The molecule has 0 bridgehead atoms. The second-order valence-electron chi connectivity index (χ2n) is 5.68. The first-order chi connectivity index (χ1) is 8.83. The standard InChI is InChI=1S/C12H16Br4O2P2/c1-19(2,17)5-7-9(13)11(15)8(6-20(3,4)18)12(16)10(7)14/h5-6H2,1-4H3. The first-order valence-electron chi connectivity index (χ1n) is 5.75. The molecule has 0 aliphatic heterocycles. The Hall–Kier alpha value is 1.60. The molecular weight excluding hydrogens is 558 g/mol. The molecule has 0 amide bonds. The Bertz CT molecular complexity index is 547. The molecular formula is C12H16Br4O2P2. The van der Waals surface area contributed by atoms with Gasteiger partial charge in [-0.1, -0.05) is 0 Å². The maximum absolute atomic E-state index is 12.1. The Kier molecular flexibility index (Phi) is 6.89. The van der Waals surface area contributed by atoms with Crippen LogP contribution in [0, 0.1) is 0 Å². The van der Waals surface area contributed by atoms with E-state index in [2.05, 4.69) is 63.7 Å². The van der Waals surface area contributed by atoms with E-state index in [0.717, 1.165) is 29.0 Å². The van der Waals surface area contributed by atoms with Gasteiger partial charge in [0, 0.05) is 30.2 Å². The van der Waals surface area contributed by atoms with E-state index in [0.29, 0.717) is 12.3 Å². The van der Waals surface area contributed by atoms with Gasteiger partial charge in [0.15, 0.2) is 0 Å². The number of benzene rings is 1. The molecule has 0 spiro atoms. The van der Waals surface area contributed by atoms with Gasteiger partial charge in [-0.3, -0.25) is 0 Å². The van der Waals surface area contributed by atoms with Crippen LogP contribution in [0.2, 0.25) is 0 Å². The van der Waals surface area contributed by atoms with Gasteiger partial charge >= 0.3 is 0 Å². The molecule has 2 nitrogen and oxygen atoms in total. The molecule has 0 N–H and O–H groups in total. The van der Waals surface area contributed by atoms with Crippen LogP contribution in [0.25, 0.3) is 0 Å². The molecule has 1 rings (SSSR count). The zero-order valence-electron chi connectivity index (χ0n) is 11.6. The van der Waals surface area contributed by atoms with Gasteiger partial charge in [0.25, 0.3) is 0 Å². The number of hydrogen-bond acceptors (Lipinski definition) is 2. The van der Waals surface area contributed by atoms with Crippen LogP contribution in [-0.2, 0) is 21.5 Å². The molecule has 0 atom stereocenters. The molecule has 0 unspecified atom stereocenters. The zero-order valence-corrected chi connectivity index (χ0v) is 19.8. The van der Waals surface area contributed by atoms with E-state index in [1.165, 1.54) is 0 Å². The summed E-state index contributed by atoms with van der Waals surface area (Å²) in [6, 6.07) is 0. The molecule has 0 aliphatic carbocycles. The smallest absolute Gasteiger partial charge is 0.0861 e. The Labute approximate surface area is 154 Å². The van der Waals surface area contributed by atoms with Crippen molar-refractivity contribution in [3.63, 3.8) is 0 Å². The number of hydrogen-bond donors (Lipinski definition) is 0. The summed E-state index contributed by atoms with van der Waals surface area (Å²) in [6.07, 6.45) is 1.00. The fraction of sp³-hybridized carbons (Fsp3) is 0.500. The minimum Gasteiger partial charge on any atom is -0.324 e. The van der Waals surface area contributed by atoms with E-state index < -0.39 is 14.3 Å². The van der Waals surface area contributed by atoms with Gasteiger partial charge in [-0.2, -0.15) is 0 Å². The van der Waals surface area contributed by atoms with Gasteiger partial charge in [-0.25, -0.2) is 0 Å². The fourth-order valence-electron chi connectivity index (χ4n) is 1.76. The highest BCUT2D eigenvalue weighted by molar-refractivity contribution is 9.14. The summed E-state index contributed by atoms with van der Waals surface area (Å²) in [5.41, 5.74) is 1.92. The summed E-state index contributed by atoms with van der Waals surface area (Å²) < 4.78 is 27.7. The zero-order chi connectivity index (χ0) is 15.9. The molecule has 0 fully saturated rings. The maximum Gasteiger partial charge on any atom is 0.0861 e. The van der Waals surface area contributed by atoms with Crippen molar-refractivity contribution in [1.82, 2.24) is 0 Å². The predicted molar refractivity (Wildman–Crippen MR) is 104 cm³/mol. The maximum atomic E-state index is 12.1. The van der Waals surface area contributed by atoms with E-state index in [-0.39, 0.29) is 0 Å². The third kappa shape index (κ3) is 5.35. The van der Waals surface area contributed by atoms with Crippen molar-refractivity contribution >= 4 is 78.0 Å². The van der Waals surface area contributed by atoms with Crippen LogP contribution >= 0.6 is 78.0 Å². The summed E-state index contributed by atoms with van der Waals surface area (Å²) in [5, 5.41) is 0. The Morgan fingerprint density at radius 2 is 0.850 bits per heavy atom. The highest BCUT2D eigenvalue weighted by atomic mass is 79.9. The van der Waals surface area contributed by atoms with Crippen molar-refractivity contribution in [2.24, 2.45) is 0 Å². The fourth-order valence-corrected chi connectivity index (χ4v) is 7.63. The summed E-state index contributed by atoms with van der Waals surface area (Å²) in [5.74, 6) is 0. The summed E-state index contributed by atoms with van der Waals surface area (Å²) in [4.78, 5) is 0. The van der Waals surface area contributed by atoms with E-state index in [4.69, 9.17) is 0 Å². The van der Waals surface area contributed by atoms with Crippen LogP contribution < -0.4 is 0 Å². The van der Waals surface area contributed by atoms with Crippen molar-refractivity contribution in [2.45, 2.75) is 12.3 Å². The van der Waals surface area contributed by atoms with E-state index in [9.17, 15) is 9.13 Å². The lowest BCUT2D eigenvalue weighted by Gasteiger charge is -2.19. The van der Waals surface area contributed by atoms with Gasteiger partial charge < -0.3 is 9.13 Å². The molecule has 20 heavy (non-hydrogen) atoms. The molecule has 0 saturated heterocycles. The van der Waals surface area contributed by atoms with Crippen LogP contribution in [0.4, 0.5) is 0 Å². The van der Waals surface area contributed by atoms with Gasteiger partial charge in [0.1, 0.15) is 0 Å². The summed E-state index contributed by atoms with van der Waals surface area (Å²) >= 11 is 14.3. The monoisotopic (exact) mass is 570 g/mol. The van der Waals surface area contributed by atoms with Crippen LogP contribution in [-0.4, -0.2) is 26.7 Å². The molecule has 1 aromatic rings. The second kappa shape index (κ2) is 7.01.